The predicted molar refractivity (Wildman–Crippen MR) is 145 cm³/mol. The number of rotatable bonds is 10. The number of ether oxygens (including phenoxy) is 4. The second kappa shape index (κ2) is 12.1. The van der Waals surface area contributed by atoms with Crippen LogP contribution in [0.5, 0.6) is 23.0 Å². The largest absolute Gasteiger partial charge is 0.493 e. The molecule has 9 heteroatoms. The molecule has 0 aromatic heterocycles. The molecule has 1 aliphatic heterocycles. The molecular weight excluding hydrogens is 514 g/mol. The summed E-state index contributed by atoms with van der Waals surface area (Å²) < 4.78 is 22.4. The summed E-state index contributed by atoms with van der Waals surface area (Å²) in [6.45, 7) is 2.59. The maximum Gasteiger partial charge on any atom is 0.293 e. The standard InChI is InChI=1S/C28H26ClNO6S/c1-18-8-4-5-9-20(18)17-36-26-21(29)14-19(15-24(26)34-3)16-25-27(31)30(28(32)37-25)12-13-35-23-11-7-6-10-22(23)33-2/h4-11,14-16H,12-13,17H2,1-3H3/b25-16-. The van der Waals surface area contributed by atoms with Crippen LogP contribution >= 0.6 is 23.4 Å². The van der Waals surface area contributed by atoms with Gasteiger partial charge in [-0.2, -0.15) is 0 Å². The SMILES string of the molecule is COc1ccccc1OCCN1C(=O)S/C(=C\c2cc(Cl)c(OCc3ccccc3C)c(OC)c2)C1=O. The number of hydrogen-bond acceptors (Lipinski definition) is 7. The fraction of sp³-hybridized carbons (Fsp3) is 0.214. The molecule has 192 valence electrons. The number of benzene rings is 3. The maximum absolute atomic E-state index is 12.9. The number of amides is 2. The van der Waals surface area contributed by atoms with Gasteiger partial charge in [-0.15, -0.1) is 0 Å². The van der Waals surface area contributed by atoms with Gasteiger partial charge in [-0.1, -0.05) is 48.0 Å². The minimum atomic E-state index is -0.395. The molecule has 0 aliphatic carbocycles. The average molecular weight is 540 g/mol. The number of aryl methyl sites for hydroxylation is 1. The molecule has 1 fully saturated rings. The molecule has 7 nitrogen and oxygen atoms in total. The highest BCUT2D eigenvalue weighted by Crippen LogP contribution is 2.39. The van der Waals surface area contributed by atoms with E-state index in [4.69, 9.17) is 30.5 Å². The number of carbonyl (C=O) groups is 2. The summed E-state index contributed by atoms with van der Waals surface area (Å²) in [5, 5.41) is -0.0280. The van der Waals surface area contributed by atoms with Crippen molar-refractivity contribution in [2.24, 2.45) is 0 Å². The monoisotopic (exact) mass is 539 g/mol. The van der Waals surface area contributed by atoms with Crippen molar-refractivity contribution in [3.05, 3.63) is 87.3 Å². The molecule has 0 radical (unpaired) electrons. The van der Waals surface area contributed by atoms with E-state index in [2.05, 4.69) is 0 Å². The zero-order valence-electron chi connectivity index (χ0n) is 20.7. The molecule has 1 heterocycles. The molecule has 3 aromatic rings. The van der Waals surface area contributed by atoms with E-state index in [1.807, 2.05) is 43.3 Å². The fourth-order valence-corrected chi connectivity index (χ4v) is 4.85. The van der Waals surface area contributed by atoms with Gasteiger partial charge in [0.05, 0.1) is 30.7 Å². The van der Waals surface area contributed by atoms with Gasteiger partial charge in [-0.05, 0) is 65.7 Å². The first kappa shape index (κ1) is 26.4. The third-order valence-corrected chi connectivity index (χ3v) is 6.89. The minimum Gasteiger partial charge on any atom is -0.493 e. The molecule has 0 N–H and O–H groups in total. The first-order valence-corrected chi connectivity index (χ1v) is 12.7. The van der Waals surface area contributed by atoms with Crippen LogP contribution in [0.2, 0.25) is 5.02 Å². The van der Waals surface area contributed by atoms with Gasteiger partial charge < -0.3 is 18.9 Å². The third kappa shape index (κ3) is 6.21. The lowest BCUT2D eigenvalue weighted by Crippen LogP contribution is -2.32. The molecule has 1 aliphatic rings. The molecule has 0 atom stereocenters. The van der Waals surface area contributed by atoms with E-state index in [0.717, 1.165) is 27.8 Å². The molecule has 0 saturated carbocycles. The number of imide groups is 1. The van der Waals surface area contributed by atoms with E-state index < -0.39 is 5.91 Å². The van der Waals surface area contributed by atoms with Crippen molar-refractivity contribution in [3.8, 4) is 23.0 Å². The Morgan fingerprint density at radius 3 is 2.35 bits per heavy atom. The van der Waals surface area contributed by atoms with Gasteiger partial charge >= 0.3 is 0 Å². The second-order valence-electron chi connectivity index (χ2n) is 8.08. The first-order valence-electron chi connectivity index (χ1n) is 11.5. The number of thioether (sulfide) groups is 1. The minimum absolute atomic E-state index is 0.107. The Morgan fingerprint density at radius 1 is 0.919 bits per heavy atom. The highest BCUT2D eigenvalue weighted by molar-refractivity contribution is 8.18. The predicted octanol–water partition coefficient (Wildman–Crippen LogP) is 6.36. The highest BCUT2D eigenvalue weighted by Gasteiger charge is 2.35. The van der Waals surface area contributed by atoms with Gasteiger partial charge in [0.1, 0.15) is 13.2 Å². The van der Waals surface area contributed by atoms with Crippen molar-refractivity contribution in [3.63, 3.8) is 0 Å². The van der Waals surface area contributed by atoms with Crippen LogP contribution in [0.15, 0.2) is 65.6 Å². The van der Waals surface area contributed by atoms with Gasteiger partial charge in [0, 0.05) is 0 Å². The number of para-hydroxylation sites is 2. The summed E-state index contributed by atoms with van der Waals surface area (Å²) in [4.78, 5) is 26.9. The average Bonchev–Trinajstić information content (AvgIpc) is 3.16. The molecule has 3 aromatic carbocycles. The molecule has 4 rings (SSSR count). The van der Waals surface area contributed by atoms with Crippen LogP contribution in [0, 0.1) is 6.92 Å². The summed E-state index contributed by atoms with van der Waals surface area (Å²) in [6, 6.07) is 18.5. The zero-order chi connectivity index (χ0) is 26.4. The van der Waals surface area contributed by atoms with Gasteiger partial charge in [0.2, 0.25) is 0 Å². The van der Waals surface area contributed by atoms with Crippen LogP contribution in [-0.4, -0.2) is 43.4 Å². The van der Waals surface area contributed by atoms with E-state index in [1.54, 1.807) is 37.5 Å². The number of hydrogen-bond donors (Lipinski definition) is 0. The van der Waals surface area contributed by atoms with E-state index >= 15 is 0 Å². The number of methoxy groups -OCH3 is 2. The lowest BCUT2D eigenvalue weighted by Gasteiger charge is -2.15. The van der Waals surface area contributed by atoms with E-state index in [0.29, 0.717) is 40.2 Å². The molecule has 0 spiro atoms. The first-order chi connectivity index (χ1) is 17.9. The Kier molecular flexibility index (Phi) is 8.63. The number of halogens is 1. The van der Waals surface area contributed by atoms with Crippen molar-refractivity contribution in [1.29, 1.82) is 0 Å². The molecule has 37 heavy (non-hydrogen) atoms. The summed E-state index contributed by atoms with van der Waals surface area (Å²) >= 11 is 7.39. The van der Waals surface area contributed by atoms with Gasteiger partial charge in [-0.3, -0.25) is 14.5 Å². The Balaban J connectivity index is 1.45. The lowest BCUT2D eigenvalue weighted by molar-refractivity contribution is -0.123. The van der Waals surface area contributed by atoms with Crippen molar-refractivity contribution in [2.45, 2.75) is 13.5 Å². The van der Waals surface area contributed by atoms with Gasteiger partial charge in [0.15, 0.2) is 23.0 Å². The third-order valence-electron chi connectivity index (χ3n) is 5.70. The Morgan fingerprint density at radius 2 is 1.62 bits per heavy atom. The van der Waals surface area contributed by atoms with Crippen LogP contribution < -0.4 is 18.9 Å². The molecule has 1 saturated heterocycles. The summed E-state index contributed by atoms with van der Waals surface area (Å²) in [6.07, 6.45) is 1.62. The molecule has 0 unspecified atom stereocenters. The Labute approximate surface area is 224 Å². The van der Waals surface area contributed by atoms with Crippen LogP contribution in [0.4, 0.5) is 4.79 Å². The molecule has 2 amide bonds. The van der Waals surface area contributed by atoms with Crippen molar-refractivity contribution >= 4 is 40.6 Å². The Bertz CT molecular complexity index is 1340. The molecular formula is C28H26ClNO6S. The fourth-order valence-electron chi connectivity index (χ4n) is 3.71. The topological polar surface area (TPSA) is 74.3 Å². The van der Waals surface area contributed by atoms with Gasteiger partial charge in [-0.25, -0.2) is 0 Å². The van der Waals surface area contributed by atoms with E-state index in [1.165, 1.54) is 7.11 Å². The van der Waals surface area contributed by atoms with Crippen LogP contribution in [0.3, 0.4) is 0 Å². The Hall–Kier alpha value is -3.62. The normalized spacial score (nSPS) is 14.3. The van der Waals surface area contributed by atoms with Gasteiger partial charge in [0.25, 0.3) is 11.1 Å². The number of nitrogens with zero attached hydrogens (tertiary/aromatic N) is 1. The molecule has 0 bridgehead atoms. The lowest BCUT2D eigenvalue weighted by atomic mass is 10.1. The van der Waals surface area contributed by atoms with E-state index in [9.17, 15) is 9.59 Å². The van der Waals surface area contributed by atoms with Crippen LogP contribution in [-0.2, 0) is 11.4 Å². The van der Waals surface area contributed by atoms with Crippen molar-refractivity contribution in [2.75, 3.05) is 27.4 Å². The quantitative estimate of drug-likeness (QED) is 0.277. The van der Waals surface area contributed by atoms with E-state index in [-0.39, 0.29) is 23.3 Å². The zero-order valence-corrected chi connectivity index (χ0v) is 22.2. The second-order valence-corrected chi connectivity index (χ2v) is 9.48. The highest BCUT2D eigenvalue weighted by atomic mass is 35.5. The van der Waals surface area contributed by atoms with Crippen LogP contribution in [0.25, 0.3) is 6.08 Å². The van der Waals surface area contributed by atoms with Crippen molar-refractivity contribution in [1.82, 2.24) is 4.90 Å². The smallest absolute Gasteiger partial charge is 0.293 e. The van der Waals surface area contributed by atoms with Crippen molar-refractivity contribution < 1.29 is 28.5 Å². The number of carbonyl (C=O) groups excluding carboxylic acids is 2. The maximum atomic E-state index is 12.9. The summed E-state index contributed by atoms with van der Waals surface area (Å²) in [5.74, 6) is 1.56. The van der Waals surface area contributed by atoms with Crippen LogP contribution in [0.1, 0.15) is 16.7 Å². The summed E-state index contributed by atoms with van der Waals surface area (Å²) in [5.41, 5.74) is 2.76. The summed E-state index contributed by atoms with van der Waals surface area (Å²) in [7, 11) is 3.07.